The fourth-order valence-electron chi connectivity index (χ4n) is 5.90. The molecule has 0 bridgehead atoms. The van der Waals surface area contributed by atoms with E-state index in [9.17, 15) is 0 Å². The first-order valence-electron chi connectivity index (χ1n) is 12.9. The lowest BCUT2D eigenvalue weighted by Crippen LogP contribution is -2.09. The van der Waals surface area contributed by atoms with Crippen LogP contribution in [-0.4, -0.2) is 0 Å². The van der Waals surface area contributed by atoms with Gasteiger partial charge in [-0.15, -0.1) is 11.3 Å². The fourth-order valence-corrected chi connectivity index (χ4v) is 7.06. The molecule has 0 amide bonds. The Morgan fingerprint density at radius 2 is 0.921 bits per heavy atom. The van der Waals surface area contributed by atoms with Crippen molar-refractivity contribution in [3.63, 3.8) is 0 Å². The van der Waals surface area contributed by atoms with Gasteiger partial charge in [-0.05, 0) is 81.2 Å². The highest BCUT2D eigenvalue weighted by atomic mass is 32.1. The van der Waals surface area contributed by atoms with E-state index in [1.807, 2.05) is 11.3 Å². The maximum atomic E-state index is 2.38. The van der Waals surface area contributed by atoms with Gasteiger partial charge in [0, 0.05) is 37.2 Å². The highest BCUT2D eigenvalue weighted by Gasteiger charge is 2.18. The second-order valence-corrected chi connectivity index (χ2v) is 10.9. The third-order valence-electron chi connectivity index (χ3n) is 7.61. The van der Waals surface area contributed by atoms with Crippen LogP contribution in [0.25, 0.3) is 52.8 Å². The normalized spacial score (nSPS) is 11.7. The third-order valence-corrected chi connectivity index (χ3v) is 8.73. The van der Waals surface area contributed by atoms with Crippen molar-refractivity contribution in [1.82, 2.24) is 0 Å². The van der Waals surface area contributed by atoms with E-state index in [4.69, 9.17) is 0 Å². The second-order valence-electron chi connectivity index (χ2n) is 9.77. The quantitative estimate of drug-likeness (QED) is 0.217. The summed E-state index contributed by atoms with van der Waals surface area (Å²) in [6, 6.07) is 50.6. The van der Waals surface area contributed by atoms with E-state index >= 15 is 0 Å². The molecule has 7 aromatic carbocycles. The van der Waals surface area contributed by atoms with Gasteiger partial charge in [-0.2, -0.15) is 0 Å². The molecule has 0 spiro atoms. The van der Waals surface area contributed by atoms with Crippen molar-refractivity contribution in [1.29, 1.82) is 0 Å². The lowest BCUT2D eigenvalue weighted by Gasteiger charge is -2.26. The molecule has 8 rings (SSSR count). The minimum absolute atomic E-state index is 1.14. The number of anilines is 3. The summed E-state index contributed by atoms with van der Waals surface area (Å²) < 4.78 is 2.72. The van der Waals surface area contributed by atoms with E-state index in [-0.39, 0.29) is 0 Å². The lowest BCUT2D eigenvalue weighted by molar-refractivity contribution is 1.29. The van der Waals surface area contributed by atoms with Crippen molar-refractivity contribution in [2.24, 2.45) is 0 Å². The van der Waals surface area contributed by atoms with Gasteiger partial charge in [-0.1, -0.05) is 91.0 Å². The summed E-state index contributed by atoms with van der Waals surface area (Å²) in [5.41, 5.74) is 5.89. The van der Waals surface area contributed by atoms with E-state index in [1.165, 1.54) is 52.8 Å². The predicted octanol–water partition coefficient (Wildman–Crippen LogP) is 10.9. The molecule has 0 radical (unpaired) electrons. The van der Waals surface area contributed by atoms with Crippen LogP contribution in [0.2, 0.25) is 0 Å². The van der Waals surface area contributed by atoms with Crippen molar-refractivity contribution >= 4 is 70.1 Å². The predicted molar refractivity (Wildman–Crippen MR) is 166 cm³/mol. The molecule has 38 heavy (non-hydrogen) atoms. The molecule has 0 N–H and O–H groups in total. The maximum absolute atomic E-state index is 2.38. The Morgan fingerprint density at radius 1 is 0.368 bits per heavy atom. The molecule has 0 unspecified atom stereocenters. The number of fused-ring (bicyclic) bond motifs is 3. The first kappa shape index (κ1) is 21.4. The Balaban J connectivity index is 1.36. The number of hydrogen-bond donors (Lipinski definition) is 0. The summed E-state index contributed by atoms with van der Waals surface area (Å²) in [5, 5.41) is 8.08. The number of benzene rings is 7. The van der Waals surface area contributed by atoms with Crippen LogP contribution in [0.5, 0.6) is 0 Å². The van der Waals surface area contributed by atoms with Crippen LogP contribution in [0.1, 0.15) is 0 Å². The molecule has 0 aliphatic carbocycles. The molecule has 2 heteroatoms. The van der Waals surface area contributed by atoms with Crippen LogP contribution in [-0.2, 0) is 0 Å². The SMILES string of the molecule is c1ccc(-c2ccc(N(c3ccccc3)c3ccc4c(c3)c3cccc5sc6cccc4c6c53)cc2)cc1. The van der Waals surface area contributed by atoms with Crippen LogP contribution in [0.3, 0.4) is 0 Å². The van der Waals surface area contributed by atoms with E-state index in [1.54, 1.807) is 0 Å². The Kier molecular flexibility index (Phi) is 4.76. The van der Waals surface area contributed by atoms with Gasteiger partial charge in [0.2, 0.25) is 0 Å². The maximum Gasteiger partial charge on any atom is 0.0468 e. The van der Waals surface area contributed by atoms with E-state index in [2.05, 4.69) is 144 Å². The molecule has 178 valence electrons. The van der Waals surface area contributed by atoms with Gasteiger partial charge in [0.1, 0.15) is 0 Å². The van der Waals surface area contributed by atoms with Gasteiger partial charge in [0.15, 0.2) is 0 Å². The summed E-state index contributed by atoms with van der Waals surface area (Å²) >= 11 is 1.89. The molecule has 0 fully saturated rings. The van der Waals surface area contributed by atoms with E-state index < -0.39 is 0 Å². The first-order chi connectivity index (χ1) is 18.8. The van der Waals surface area contributed by atoms with Crippen molar-refractivity contribution in [2.75, 3.05) is 4.90 Å². The van der Waals surface area contributed by atoms with Gasteiger partial charge < -0.3 is 4.90 Å². The molecule has 0 aliphatic rings. The second kappa shape index (κ2) is 8.44. The Bertz CT molecular complexity index is 2060. The monoisotopic (exact) mass is 501 g/mol. The topological polar surface area (TPSA) is 3.24 Å². The van der Waals surface area contributed by atoms with Crippen LogP contribution in [0.4, 0.5) is 17.1 Å². The molecule has 1 aromatic heterocycles. The molecule has 0 saturated heterocycles. The molecule has 0 saturated carbocycles. The summed E-state index contributed by atoms with van der Waals surface area (Å²) in [4.78, 5) is 2.36. The first-order valence-corrected chi connectivity index (χ1v) is 13.8. The van der Waals surface area contributed by atoms with Crippen LogP contribution < -0.4 is 4.90 Å². The number of nitrogens with zero attached hydrogens (tertiary/aromatic N) is 1. The highest BCUT2D eigenvalue weighted by molar-refractivity contribution is 7.26. The van der Waals surface area contributed by atoms with Crippen molar-refractivity contribution in [3.05, 3.63) is 140 Å². The van der Waals surface area contributed by atoms with Gasteiger partial charge in [-0.3, -0.25) is 0 Å². The largest absolute Gasteiger partial charge is 0.310 e. The molecule has 0 atom stereocenters. The van der Waals surface area contributed by atoms with Gasteiger partial charge in [-0.25, -0.2) is 0 Å². The van der Waals surface area contributed by atoms with Gasteiger partial charge in [0.05, 0.1) is 0 Å². The van der Waals surface area contributed by atoms with Crippen LogP contribution in [0.15, 0.2) is 140 Å². The Labute approximate surface area is 225 Å². The Morgan fingerprint density at radius 3 is 1.61 bits per heavy atom. The van der Waals surface area contributed by atoms with Crippen molar-refractivity contribution < 1.29 is 0 Å². The smallest absolute Gasteiger partial charge is 0.0468 e. The number of para-hydroxylation sites is 1. The average Bonchev–Trinajstić information content (AvgIpc) is 3.38. The standard InChI is InChI=1S/C36H23NS/c1-3-9-24(10-4-1)25-17-19-27(20-18-25)37(26-11-5-2-6-12-26)28-21-22-29-30-13-7-15-33-35(30)36-31(32(29)23-28)14-8-16-34(36)38-33/h1-23H. The summed E-state index contributed by atoms with van der Waals surface area (Å²) in [6.45, 7) is 0. The average molecular weight is 502 g/mol. The number of hydrogen-bond acceptors (Lipinski definition) is 2. The van der Waals surface area contributed by atoms with Crippen LogP contribution in [0, 0.1) is 0 Å². The van der Waals surface area contributed by atoms with E-state index in [0.717, 1.165) is 17.1 Å². The molecule has 0 aliphatic heterocycles. The Hall–Kier alpha value is -4.66. The zero-order valence-electron chi connectivity index (χ0n) is 20.6. The van der Waals surface area contributed by atoms with Crippen LogP contribution >= 0.6 is 11.3 Å². The number of thiophene rings is 1. The third kappa shape index (κ3) is 3.24. The van der Waals surface area contributed by atoms with Crippen molar-refractivity contribution in [3.8, 4) is 11.1 Å². The summed E-state index contributed by atoms with van der Waals surface area (Å²) in [7, 11) is 0. The van der Waals surface area contributed by atoms with E-state index in [0.29, 0.717) is 0 Å². The molecular weight excluding hydrogens is 478 g/mol. The highest BCUT2D eigenvalue weighted by Crippen LogP contribution is 2.46. The molecule has 8 aromatic rings. The zero-order chi connectivity index (χ0) is 25.1. The minimum Gasteiger partial charge on any atom is -0.310 e. The summed E-state index contributed by atoms with van der Waals surface area (Å²) in [6.07, 6.45) is 0. The van der Waals surface area contributed by atoms with Gasteiger partial charge >= 0.3 is 0 Å². The fraction of sp³-hybridized carbons (Fsp3) is 0. The molecule has 1 nitrogen and oxygen atoms in total. The molecular formula is C36H23NS. The minimum atomic E-state index is 1.14. The molecule has 1 heterocycles. The number of rotatable bonds is 4. The van der Waals surface area contributed by atoms with Gasteiger partial charge in [0.25, 0.3) is 0 Å². The van der Waals surface area contributed by atoms with Crippen molar-refractivity contribution in [2.45, 2.75) is 0 Å². The summed E-state index contributed by atoms with van der Waals surface area (Å²) in [5.74, 6) is 0. The lowest BCUT2D eigenvalue weighted by atomic mass is 9.94. The zero-order valence-corrected chi connectivity index (χ0v) is 21.5.